The molecule has 0 amide bonds. The van der Waals surface area contributed by atoms with Crippen molar-refractivity contribution in [3.8, 4) is 11.3 Å². The van der Waals surface area contributed by atoms with Crippen molar-refractivity contribution in [3.63, 3.8) is 0 Å². The van der Waals surface area contributed by atoms with Crippen molar-refractivity contribution in [1.29, 1.82) is 0 Å². The molecule has 1 N–H and O–H groups in total. The molecule has 5 nitrogen and oxygen atoms in total. The van der Waals surface area contributed by atoms with E-state index in [1.807, 2.05) is 0 Å². The molecule has 1 aromatic carbocycles. The molecule has 8 heteroatoms. The van der Waals surface area contributed by atoms with E-state index in [1.54, 1.807) is 42.9 Å². The monoisotopic (exact) mass is 361 g/mol. The fourth-order valence-electron chi connectivity index (χ4n) is 2.28. The Hall–Kier alpha value is -2.71. The number of nitrogens with one attached hydrogen (secondary N) is 1. The summed E-state index contributed by atoms with van der Waals surface area (Å²) in [7, 11) is -4.22. The second kappa shape index (κ2) is 7.04. The molecule has 0 radical (unpaired) electrons. The second-order valence-electron chi connectivity index (χ2n) is 5.15. The Bertz CT molecular complexity index is 996. The van der Waals surface area contributed by atoms with Crippen LogP contribution in [0.4, 0.5) is 8.78 Å². The molecule has 0 aliphatic heterocycles. The standard InChI is InChI=1S/C17H13F2N3O2S/c18-14-5-6-15(19)16(9-14)25(23,24)22-11-13-4-2-8-21-17(13)12-3-1-7-20-10-12/h1-10,22H,11H2. The number of sulfonamides is 1. The zero-order valence-electron chi connectivity index (χ0n) is 12.9. The minimum absolute atomic E-state index is 0.129. The molecule has 128 valence electrons. The van der Waals surface area contributed by atoms with Crippen LogP contribution in [0.5, 0.6) is 0 Å². The van der Waals surface area contributed by atoms with Crippen molar-refractivity contribution >= 4 is 10.0 Å². The van der Waals surface area contributed by atoms with E-state index in [9.17, 15) is 17.2 Å². The van der Waals surface area contributed by atoms with E-state index in [0.29, 0.717) is 22.9 Å². The third kappa shape index (κ3) is 3.86. The molecule has 2 heterocycles. The molecular weight excluding hydrogens is 348 g/mol. The Balaban J connectivity index is 1.88. The predicted octanol–water partition coefficient (Wildman–Crippen LogP) is 2.90. The van der Waals surface area contributed by atoms with Crippen molar-refractivity contribution in [2.24, 2.45) is 0 Å². The summed E-state index contributed by atoms with van der Waals surface area (Å²) in [6.07, 6.45) is 4.79. The number of aromatic nitrogens is 2. The minimum Gasteiger partial charge on any atom is -0.264 e. The number of halogens is 2. The maximum absolute atomic E-state index is 13.7. The van der Waals surface area contributed by atoms with Crippen LogP contribution in [-0.4, -0.2) is 18.4 Å². The summed E-state index contributed by atoms with van der Waals surface area (Å²) < 4.78 is 53.8. The SMILES string of the molecule is O=S(=O)(NCc1cccnc1-c1cccnc1)c1cc(F)ccc1F. The van der Waals surface area contributed by atoms with Crippen LogP contribution in [0.15, 0.2) is 66.0 Å². The van der Waals surface area contributed by atoms with Crippen LogP contribution < -0.4 is 4.72 Å². The van der Waals surface area contributed by atoms with Crippen LogP contribution in [0, 0.1) is 11.6 Å². The highest BCUT2D eigenvalue weighted by molar-refractivity contribution is 7.89. The number of pyridine rings is 2. The van der Waals surface area contributed by atoms with E-state index in [1.165, 1.54) is 0 Å². The van der Waals surface area contributed by atoms with Gasteiger partial charge in [-0.3, -0.25) is 9.97 Å². The first-order valence-electron chi connectivity index (χ1n) is 7.26. The van der Waals surface area contributed by atoms with Gasteiger partial charge in [-0.2, -0.15) is 0 Å². The van der Waals surface area contributed by atoms with Gasteiger partial charge in [0, 0.05) is 30.7 Å². The summed E-state index contributed by atoms with van der Waals surface area (Å²) in [6.45, 7) is -0.129. The van der Waals surface area contributed by atoms with Crippen LogP contribution in [-0.2, 0) is 16.6 Å². The van der Waals surface area contributed by atoms with Gasteiger partial charge in [0.2, 0.25) is 10.0 Å². The van der Waals surface area contributed by atoms with Crippen molar-refractivity contribution in [1.82, 2.24) is 14.7 Å². The summed E-state index contributed by atoms with van der Waals surface area (Å²) in [5, 5.41) is 0. The smallest absolute Gasteiger partial charge is 0.243 e. The highest BCUT2D eigenvalue weighted by atomic mass is 32.2. The zero-order chi connectivity index (χ0) is 17.9. The van der Waals surface area contributed by atoms with E-state index in [2.05, 4.69) is 14.7 Å². The highest BCUT2D eigenvalue weighted by Crippen LogP contribution is 2.21. The van der Waals surface area contributed by atoms with E-state index in [4.69, 9.17) is 0 Å². The van der Waals surface area contributed by atoms with E-state index >= 15 is 0 Å². The first-order chi connectivity index (χ1) is 12.0. The highest BCUT2D eigenvalue weighted by Gasteiger charge is 2.20. The van der Waals surface area contributed by atoms with Gasteiger partial charge in [0.15, 0.2) is 0 Å². The molecule has 0 unspecified atom stereocenters. The number of hydrogen-bond donors (Lipinski definition) is 1. The van der Waals surface area contributed by atoms with Crippen LogP contribution in [0.25, 0.3) is 11.3 Å². The fourth-order valence-corrected chi connectivity index (χ4v) is 3.37. The lowest BCUT2D eigenvalue weighted by Crippen LogP contribution is -2.24. The minimum atomic E-state index is -4.22. The van der Waals surface area contributed by atoms with Gasteiger partial charge < -0.3 is 0 Å². The maximum atomic E-state index is 13.7. The number of benzene rings is 1. The molecular formula is C17H13F2N3O2S. The number of rotatable bonds is 5. The second-order valence-corrected chi connectivity index (χ2v) is 6.89. The predicted molar refractivity (Wildman–Crippen MR) is 87.9 cm³/mol. The van der Waals surface area contributed by atoms with Gasteiger partial charge in [0.05, 0.1) is 5.69 Å². The Morgan fingerprint density at radius 2 is 1.84 bits per heavy atom. The fraction of sp³-hybridized carbons (Fsp3) is 0.0588. The average Bonchev–Trinajstić information content (AvgIpc) is 2.63. The molecule has 0 aliphatic carbocycles. The Kier molecular flexibility index (Phi) is 4.82. The Labute approximate surface area is 143 Å². The van der Waals surface area contributed by atoms with E-state index < -0.39 is 26.6 Å². The van der Waals surface area contributed by atoms with Gasteiger partial charge in [-0.05, 0) is 42.0 Å². The van der Waals surface area contributed by atoms with E-state index in [-0.39, 0.29) is 6.54 Å². The van der Waals surface area contributed by atoms with Crippen LogP contribution >= 0.6 is 0 Å². The van der Waals surface area contributed by atoms with E-state index in [0.717, 1.165) is 12.1 Å². The van der Waals surface area contributed by atoms with Crippen LogP contribution in [0.3, 0.4) is 0 Å². The largest absolute Gasteiger partial charge is 0.264 e. The van der Waals surface area contributed by atoms with Gasteiger partial charge in [-0.25, -0.2) is 21.9 Å². The third-order valence-corrected chi connectivity index (χ3v) is 4.88. The zero-order valence-corrected chi connectivity index (χ0v) is 13.7. The normalized spacial score (nSPS) is 11.4. The maximum Gasteiger partial charge on any atom is 0.243 e. The third-order valence-electron chi connectivity index (χ3n) is 3.46. The summed E-state index contributed by atoms with van der Waals surface area (Å²) in [5.74, 6) is -1.85. The Morgan fingerprint density at radius 1 is 1.04 bits per heavy atom. The summed E-state index contributed by atoms with van der Waals surface area (Å²) in [5.41, 5.74) is 1.85. The molecule has 0 bridgehead atoms. The van der Waals surface area contributed by atoms with Gasteiger partial charge in [0.1, 0.15) is 16.5 Å². The molecule has 25 heavy (non-hydrogen) atoms. The molecule has 3 rings (SSSR count). The molecule has 0 aliphatic rings. The molecule has 2 aromatic heterocycles. The van der Waals surface area contributed by atoms with Gasteiger partial charge in [-0.1, -0.05) is 6.07 Å². The van der Waals surface area contributed by atoms with Crippen molar-refractivity contribution in [3.05, 3.63) is 78.3 Å². The van der Waals surface area contributed by atoms with Crippen LogP contribution in [0.1, 0.15) is 5.56 Å². The Morgan fingerprint density at radius 3 is 2.60 bits per heavy atom. The molecule has 0 spiro atoms. The summed E-state index contributed by atoms with van der Waals surface area (Å²) in [4.78, 5) is 7.52. The van der Waals surface area contributed by atoms with Crippen molar-refractivity contribution in [2.75, 3.05) is 0 Å². The topological polar surface area (TPSA) is 72.0 Å². The van der Waals surface area contributed by atoms with Gasteiger partial charge in [-0.15, -0.1) is 0 Å². The van der Waals surface area contributed by atoms with Crippen LogP contribution in [0.2, 0.25) is 0 Å². The number of nitrogens with zero attached hydrogens (tertiary/aromatic N) is 2. The summed E-state index contributed by atoms with van der Waals surface area (Å²) in [6, 6.07) is 9.15. The lowest BCUT2D eigenvalue weighted by Gasteiger charge is -2.11. The number of hydrogen-bond acceptors (Lipinski definition) is 4. The molecule has 0 saturated carbocycles. The van der Waals surface area contributed by atoms with Crippen molar-refractivity contribution in [2.45, 2.75) is 11.4 Å². The lowest BCUT2D eigenvalue weighted by atomic mass is 10.1. The summed E-state index contributed by atoms with van der Waals surface area (Å²) >= 11 is 0. The quantitative estimate of drug-likeness (QED) is 0.758. The van der Waals surface area contributed by atoms with Gasteiger partial charge >= 0.3 is 0 Å². The van der Waals surface area contributed by atoms with Gasteiger partial charge in [0.25, 0.3) is 0 Å². The molecule has 0 saturated heterocycles. The first kappa shape index (κ1) is 17.1. The molecule has 0 fully saturated rings. The molecule has 3 aromatic rings. The van der Waals surface area contributed by atoms with Crippen molar-refractivity contribution < 1.29 is 17.2 Å². The lowest BCUT2D eigenvalue weighted by molar-refractivity contribution is 0.545. The molecule has 0 atom stereocenters. The first-order valence-corrected chi connectivity index (χ1v) is 8.75. The average molecular weight is 361 g/mol.